The normalized spacial score (nSPS) is 12.9. The predicted molar refractivity (Wildman–Crippen MR) is 169 cm³/mol. The summed E-state index contributed by atoms with van der Waals surface area (Å²) in [5.74, 6) is -0.673. The predicted octanol–water partition coefficient (Wildman–Crippen LogP) is 8.02. The number of carbonyl (C=O) groups is 1. The van der Waals surface area contributed by atoms with Gasteiger partial charge >= 0.3 is 228 Å². The Morgan fingerprint density at radius 3 is 1.68 bits per heavy atom. The molecule has 0 aliphatic carbocycles. The molecule has 202 valence electrons. The SMILES string of the molecule is CC(C)n1cc(P(I)(CCCCCCCCCCCCC(=O)O)(c2ccccc2)c2ccccc2)cn1. The van der Waals surface area contributed by atoms with Crippen molar-refractivity contribution in [1.29, 1.82) is 0 Å². The summed E-state index contributed by atoms with van der Waals surface area (Å²) in [5.41, 5.74) is 0. The fourth-order valence-corrected chi connectivity index (χ4v) is 13.7. The molecular weight excluding hydrogens is 590 g/mol. The quantitative estimate of drug-likeness (QED) is 0.0930. The molecule has 0 bridgehead atoms. The van der Waals surface area contributed by atoms with Crippen LogP contribution in [-0.2, 0) is 4.79 Å². The average Bonchev–Trinajstić information content (AvgIpc) is 3.42. The second-order valence-corrected chi connectivity index (χ2v) is 21.3. The van der Waals surface area contributed by atoms with E-state index in [1.165, 1.54) is 60.9 Å². The van der Waals surface area contributed by atoms with Crippen LogP contribution in [0.2, 0.25) is 0 Å². The standard InChI is InChI=1S/C31H44IN2O2P/c1-27(2)34-26-30(25-33-34)37(32,28-19-13-11-14-20-28,29-21-15-12-16-22-29)24-18-10-8-6-4-3-5-7-9-17-23-31(35)36/h11-16,19-22,25-27H,3-10,17-18,23-24H2,1-2H3,(H,35,36). The van der Waals surface area contributed by atoms with Crippen molar-refractivity contribution in [2.24, 2.45) is 0 Å². The first-order valence-electron chi connectivity index (χ1n) is 14.0. The molecule has 3 rings (SSSR count). The van der Waals surface area contributed by atoms with Gasteiger partial charge in [0.1, 0.15) is 0 Å². The van der Waals surface area contributed by atoms with Crippen LogP contribution in [0.25, 0.3) is 0 Å². The van der Waals surface area contributed by atoms with Crippen molar-refractivity contribution in [2.45, 2.75) is 90.5 Å². The Hall–Kier alpha value is -1.72. The molecule has 37 heavy (non-hydrogen) atoms. The molecular formula is C31H44IN2O2P. The van der Waals surface area contributed by atoms with Gasteiger partial charge in [0.15, 0.2) is 0 Å². The molecule has 0 saturated heterocycles. The van der Waals surface area contributed by atoms with Crippen molar-refractivity contribution in [2.75, 3.05) is 6.16 Å². The zero-order chi connectivity index (χ0) is 26.6. The molecule has 0 aliphatic rings. The van der Waals surface area contributed by atoms with Crippen LogP contribution < -0.4 is 15.9 Å². The summed E-state index contributed by atoms with van der Waals surface area (Å²) in [6.07, 6.45) is 17.7. The molecule has 3 aromatic rings. The second kappa shape index (κ2) is 14.4. The minimum absolute atomic E-state index is 0.312. The van der Waals surface area contributed by atoms with Crippen LogP contribution in [0.4, 0.5) is 0 Å². The maximum absolute atomic E-state index is 10.6. The third-order valence-corrected chi connectivity index (χ3v) is 19.1. The summed E-state index contributed by atoms with van der Waals surface area (Å²) < 4.78 is -0.609. The topological polar surface area (TPSA) is 55.1 Å². The van der Waals surface area contributed by atoms with Gasteiger partial charge in [-0.25, -0.2) is 0 Å². The van der Waals surface area contributed by atoms with E-state index in [1.807, 2.05) is 0 Å². The van der Waals surface area contributed by atoms with E-state index in [-0.39, 0.29) is 0 Å². The summed E-state index contributed by atoms with van der Waals surface area (Å²) in [6.45, 7) is 4.39. The van der Waals surface area contributed by atoms with E-state index < -0.39 is 10.2 Å². The van der Waals surface area contributed by atoms with Gasteiger partial charge in [0.25, 0.3) is 0 Å². The van der Waals surface area contributed by atoms with Crippen LogP contribution in [0.1, 0.15) is 90.5 Å². The Morgan fingerprint density at radius 2 is 1.24 bits per heavy atom. The van der Waals surface area contributed by atoms with E-state index in [4.69, 9.17) is 10.2 Å². The summed E-state index contributed by atoms with van der Waals surface area (Å²) in [7, 11) is 0. The number of carboxylic acids is 1. The molecule has 1 aromatic heterocycles. The van der Waals surface area contributed by atoms with Gasteiger partial charge in [-0.2, -0.15) is 0 Å². The van der Waals surface area contributed by atoms with Crippen molar-refractivity contribution in [1.82, 2.24) is 9.78 Å². The summed E-state index contributed by atoms with van der Waals surface area (Å²) in [5, 5.41) is 17.8. The number of rotatable bonds is 17. The maximum atomic E-state index is 10.6. The van der Waals surface area contributed by atoms with Gasteiger partial charge < -0.3 is 5.11 Å². The number of nitrogens with zero attached hydrogens (tertiary/aromatic N) is 2. The fourth-order valence-electron chi connectivity index (χ4n) is 5.26. The first kappa shape index (κ1) is 29.8. The van der Waals surface area contributed by atoms with Crippen molar-refractivity contribution in [3.8, 4) is 0 Å². The number of aromatic nitrogens is 2. The summed E-state index contributed by atoms with van der Waals surface area (Å²) in [4.78, 5) is 10.6. The first-order valence-corrected chi connectivity index (χ1v) is 19.2. The molecule has 0 saturated carbocycles. The van der Waals surface area contributed by atoms with Crippen LogP contribution in [0, 0.1) is 0 Å². The molecule has 6 heteroatoms. The van der Waals surface area contributed by atoms with Crippen LogP contribution in [0.5, 0.6) is 0 Å². The Balaban J connectivity index is 1.68. The minimum atomic E-state index is -2.72. The molecule has 2 aromatic carbocycles. The van der Waals surface area contributed by atoms with Gasteiger partial charge in [0, 0.05) is 0 Å². The number of aliphatic carboxylic acids is 1. The number of benzene rings is 2. The molecule has 0 fully saturated rings. The number of hydrogen-bond donors (Lipinski definition) is 1. The molecule has 0 atom stereocenters. The van der Waals surface area contributed by atoms with E-state index in [1.54, 1.807) is 0 Å². The molecule has 0 unspecified atom stereocenters. The molecule has 1 heterocycles. The van der Waals surface area contributed by atoms with Gasteiger partial charge in [0.05, 0.1) is 0 Å². The second-order valence-electron chi connectivity index (χ2n) is 10.5. The number of hydrogen-bond acceptors (Lipinski definition) is 2. The van der Waals surface area contributed by atoms with Crippen molar-refractivity contribution in [3.63, 3.8) is 0 Å². The summed E-state index contributed by atoms with van der Waals surface area (Å²) >= 11 is 2.88. The van der Waals surface area contributed by atoms with Gasteiger partial charge in [-0.15, -0.1) is 0 Å². The Kier molecular flexibility index (Phi) is 11.6. The van der Waals surface area contributed by atoms with E-state index in [9.17, 15) is 4.79 Å². The third-order valence-electron chi connectivity index (χ3n) is 7.46. The van der Waals surface area contributed by atoms with E-state index in [0.29, 0.717) is 12.5 Å². The Labute approximate surface area is 236 Å². The molecule has 0 spiro atoms. The molecule has 0 aliphatic heterocycles. The van der Waals surface area contributed by atoms with Crippen LogP contribution >= 0.6 is 26.3 Å². The number of carboxylic acid groups (broad SMARTS) is 1. The third kappa shape index (κ3) is 7.66. The Morgan fingerprint density at radius 1 is 0.784 bits per heavy atom. The van der Waals surface area contributed by atoms with E-state index in [2.05, 4.69) is 114 Å². The van der Waals surface area contributed by atoms with E-state index >= 15 is 0 Å². The van der Waals surface area contributed by atoms with E-state index in [0.717, 1.165) is 25.4 Å². The monoisotopic (exact) mass is 634 g/mol. The zero-order valence-corrected chi connectivity index (χ0v) is 25.6. The van der Waals surface area contributed by atoms with Gasteiger partial charge in [-0.3, -0.25) is 4.79 Å². The first-order chi connectivity index (χ1) is 17.9. The molecule has 1 N–H and O–H groups in total. The number of halogens is 1. The van der Waals surface area contributed by atoms with Crippen LogP contribution in [0.3, 0.4) is 0 Å². The van der Waals surface area contributed by atoms with Gasteiger partial charge in [-0.1, -0.05) is 0 Å². The van der Waals surface area contributed by atoms with Crippen molar-refractivity contribution in [3.05, 3.63) is 73.1 Å². The fraction of sp³-hybridized carbons (Fsp3) is 0.484. The van der Waals surface area contributed by atoms with Gasteiger partial charge in [-0.05, 0) is 0 Å². The van der Waals surface area contributed by atoms with Crippen molar-refractivity contribution < 1.29 is 9.90 Å². The van der Waals surface area contributed by atoms with Gasteiger partial charge in [0.2, 0.25) is 0 Å². The molecule has 0 radical (unpaired) electrons. The number of unbranched alkanes of at least 4 members (excludes halogenated alkanes) is 9. The molecule has 4 nitrogen and oxygen atoms in total. The average molecular weight is 635 g/mol. The zero-order valence-electron chi connectivity index (χ0n) is 22.6. The molecule has 0 amide bonds. The van der Waals surface area contributed by atoms with Crippen LogP contribution in [-0.4, -0.2) is 27.0 Å². The van der Waals surface area contributed by atoms with Crippen molar-refractivity contribution >= 4 is 48.2 Å². The van der Waals surface area contributed by atoms with Crippen LogP contribution in [0.15, 0.2) is 73.1 Å². The Bertz CT molecular complexity index is 1050. The summed E-state index contributed by atoms with van der Waals surface area (Å²) in [6, 6.07) is 22.7.